The molecule has 1 aromatic carbocycles. The maximum absolute atomic E-state index is 12.7. The predicted molar refractivity (Wildman–Crippen MR) is 112 cm³/mol. The van der Waals surface area contributed by atoms with Crippen molar-refractivity contribution in [2.45, 2.75) is 25.8 Å². The van der Waals surface area contributed by atoms with Crippen molar-refractivity contribution in [3.63, 3.8) is 0 Å². The van der Waals surface area contributed by atoms with Gasteiger partial charge in [-0.3, -0.25) is 9.69 Å². The van der Waals surface area contributed by atoms with Crippen molar-refractivity contribution in [3.05, 3.63) is 41.6 Å². The van der Waals surface area contributed by atoms with E-state index in [1.807, 2.05) is 29.6 Å². The molecular formula is C21H22N4O4S. The third-order valence-electron chi connectivity index (χ3n) is 5.62. The number of ether oxygens (including phenoxy) is 2. The number of aromatic nitrogens is 2. The Balaban J connectivity index is 1.16. The summed E-state index contributed by atoms with van der Waals surface area (Å²) in [7, 11) is 0. The quantitative estimate of drug-likeness (QED) is 0.661. The van der Waals surface area contributed by atoms with Gasteiger partial charge in [-0.25, -0.2) is 0 Å². The Hall–Kier alpha value is -2.91. The molecule has 1 unspecified atom stereocenters. The average molecular weight is 426 g/mol. The minimum Gasteiger partial charge on any atom is -0.454 e. The lowest BCUT2D eigenvalue weighted by Crippen LogP contribution is -2.39. The monoisotopic (exact) mass is 426 g/mol. The van der Waals surface area contributed by atoms with Crippen LogP contribution < -0.4 is 14.8 Å². The highest BCUT2D eigenvalue weighted by Crippen LogP contribution is 2.35. The standard InChI is InChI=1S/C21H22N4O4S/c1-13(20-23-24-21(29-20)18-3-2-10-30-18)25-8-6-14(7-9-25)19(26)22-15-4-5-16-17(11-15)28-12-27-16/h2-5,10-11,13-14H,6-9,12H2,1H3,(H,22,26). The molecule has 2 aliphatic rings. The van der Waals surface area contributed by atoms with Crippen LogP contribution in [0.4, 0.5) is 5.69 Å². The molecule has 5 rings (SSSR count). The first-order chi connectivity index (χ1) is 14.7. The lowest BCUT2D eigenvalue weighted by atomic mass is 9.95. The van der Waals surface area contributed by atoms with Crippen LogP contribution in [-0.4, -0.2) is 40.9 Å². The van der Waals surface area contributed by atoms with Crippen LogP contribution in [0.25, 0.3) is 10.8 Å². The van der Waals surface area contributed by atoms with E-state index in [9.17, 15) is 4.79 Å². The summed E-state index contributed by atoms with van der Waals surface area (Å²) >= 11 is 1.58. The minimum absolute atomic E-state index is 0.0177. The number of anilines is 1. The Kier molecular flexibility index (Phi) is 5.14. The van der Waals surface area contributed by atoms with Gasteiger partial charge < -0.3 is 19.2 Å². The van der Waals surface area contributed by atoms with Gasteiger partial charge in [-0.1, -0.05) is 6.07 Å². The summed E-state index contributed by atoms with van der Waals surface area (Å²) in [6.07, 6.45) is 1.57. The average Bonchev–Trinajstić information content (AvgIpc) is 3.54. The molecule has 1 atom stereocenters. The Morgan fingerprint density at radius 1 is 1.20 bits per heavy atom. The van der Waals surface area contributed by atoms with Crippen LogP contribution >= 0.6 is 11.3 Å². The number of carbonyl (C=O) groups is 1. The first-order valence-corrected chi connectivity index (χ1v) is 10.9. The maximum Gasteiger partial charge on any atom is 0.257 e. The van der Waals surface area contributed by atoms with Crippen LogP contribution in [0.5, 0.6) is 11.5 Å². The lowest BCUT2D eigenvalue weighted by Gasteiger charge is -2.33. The van der Waals surface area contributed by atoms with Crippen LogP contribution in [0.1, 0.15) is 31.7 Å². The molecule has 4 heterocycles. The number of benzene rings is 1. The fourth-order valence-electron chi connectivity index (χ4n) is 3.83. The highest BCUT2D eigenvalue weighted by molar-refractivity contribution is 7.13. The predicted octanol–water partition coefficient (Wildman–Crippen LogP) is 3.94. The molecule has 3 aromatic rings. The van der Waals surface area contributed by atoms with Crippen molar-refractivity contribution < 1.29 is 18.7 Å². The van der Waals surface area contributed by atoms with Gasteiger partial charge in [-0.05, 0) is 56.4 Å². The number of carbonyl (C=O) groups excluding carboxylic acids is 1. The topological polar surface area (TPSA) is 89.7 Å². The second-order valence-electron chi connectivity index (χ2n) is 7.47. The van der Waals surface area contributed by atoms with Gasteiger partial charge in [0.15, 0.2) is 11.5 Å². The number of amides is 1. The minimum atomic E-state index is -0.0248. The summed E-state index contributed by atoms with van der Waals surface area (Å²) in [4.78, 5) is 16.0. The van der Waals surface area contributed by atoms with E-state index in [-0.39, 0.29) is 24.7 Å². The molecule has 9 heteroatoms. The zero-order valence-corrected chi connectivity index (χ0v) is 17.4. The van der Waals surface area contributed by atoms with Crippen molar-refractivity contribution in [1.82, 2.24) is 15.1 Å². The van der Waals surface area contributed by atoms with E-state index in [2.05, 4.69) is 27.3 Å². The van der Waals surface area contributed by atoms with E-state index in [0.29, 0.717) is 23.3 Å². The third kappa shape index (κ3) is 3.78. The van der Waals surface area contributed by atoms with Crippen molar-refractivity contribution in [3.8, 4) is 22.3 Å². The van der Waals surface area contributed by atoms with Crippen LogP contribution in [0.2, 0.25) is 0 Å². The van der Waals surface area contributed by atoms with Crippen molar-refractivity contribution in [2.75, 3.05) is 25.2 Å². The molecule has 1 N–H and O–H groups in total. The number of likely N-dealkylation sites (tertiary alicyclic amines) is 1. The van der Waals surface area contributed by atoms with E-state index in [1.165, 1.54) is 0 Å². The summed E-state index contributed by atoms with van der Waals surface area (Å²) in [5.74, 6) is 2.56. The van der Waals surface area contributed by atoms with Gasteiger partial charge in [0.05, 0.1) is 10.9 Å². The van der Waals surface area contributed by atoms with Gasteiger partial charge in [0.2, 0.25) is 18.6 Å². The summed E-state index contributed by atoms with van der Waals surface area (Å²) in [5.41, 5.74) is 0.729. The van der Waals surface area contributed by atoms with Crippen LogP contribution in [0.15, 0.2) is 40.1 Å². The van der Waals surface area contributed by atoms with E-state index in [1.54, 1.807) is 17.4 Å². The zero-order chi connectivity index (χ0) is 20.5. The first-order valence-electron chi connectivity index (χ1n) is 9.99. The molecule has 0 bridgehead atoms. The fraction of sp³-hybridized carbons (Fsp3) is 0.381. The molecule has 8 nitrogen and oxygen atoms in total. The Labute approximate surface area is 177 Å². The number of hydrogen-bond acceptors (Lipinski definition) is 8. The summed E-state index contributed by atoms with van der Waals surface area (Å²) in [5, 5.41) is 13.4. The second kappa shape index (κ2) is 8.08. The number of piperidine rings is 1. The molecular weight excluding hydrogens is 404 g/mol. The normalized spacial score (nSPS) is 17.8. The summed E-state index contributed by atoms with van der Waals surface area (Å²) < 4.78 is 16.6. The molecule has 1 amide bonds. The number of thiophene rings is 1. The third-order valence-corrected chi connectivity index (χ3v) is 6.48. The van der Waals surface area contributed by atoms with E-state index in [0.717, 1.165) is 36.5 Å². The Morgan fingerprint density at radius 2 is 2.03 bits per heavy atom. The molecule has 30 heavy (non-hydrogen) atoms. The molecule has 0 spiro atoms. The molecule has 2 aromatic heterocycles. The molecule has 1 fully saturated rings. The van der Waals surface area contributed by atoms with Crippen molar-refractivity contribution in [1.29, 1.82) is 0 Å². The first kappa shape index (κ1) is 19.1. The Bertz CT molecular complexity index is 1030. The summed E-state index contributed by atoms with van der Waals surface area (Å²) in [6, 6.07) is 9.41. The number of fused-ring (bicyclic) bond motifs is 1. The highest BCUT2D eigenvalue weighted by atomic mass is 32.1. The van der Waals surface area contributed by atoms with Gasteiger partial charge in [-0.15, -0.1) is 21.5 Å². The fourth-order valence-corrected chi connectivity index (χ4v) is 4.47. The van der Waals surface area contributed by atoms with Gasteiger partial charge in [-0.2, -0.15) is 0 Å². The summed E-state index contributed by atoms with van der Waals surface area (Å²) in [6.45, 7) is 3.89. The molecule has 2 aliphatic heterocycles. The van der Waals surface area contributed by atoms with E-state index >= 15 is 0 Å². The number of hydrogen-bond donors (Lipinski definition) is 1. The van der Waals surface area contributed by atoms with Gasteiger partial charge in [0, 0.05) is 17.7 Å². The van der Waals surface area contributed by atoms with Crippen LogP contribution in [-0.2, 0) is 4.79 Å². The maximum atomic E-state index is 12.7. The van der Waals surface area contributed by atoms with Gasteiger partial charge in [0.25, 0.3) is 5.89 Å². The van der Waals surface area contributed by atoms with Crippen molar-refractivity contribution in [2.24, 2.45) is 5.92 Å². The van der Waals surface area contributed by atoms with Crippen molar-refractivity contribution >= 4 is 22.9 Å². The molecule has 156 valence electrons. The molecule has 0 saturated carbocycles. The highest BCUT2D eigenvalue weighted by Gasteiger charge is 2.30. The van der Waals surface area contributed by atoms with Crippen LogP contribution in [0, 0.1) is 5.92 Å². The SMILES string of the molecule is CC(c1nnc(-c2cccs2)o1)N1CCC(C(=O)Nc2ccc3c(c2)OCO3)CC1. The van der Waals surface area contributed by atoms with Gasteiger partial charge >= 0.3 is 0 Å². The van der Waals surface area contributed by atoms with Crippen LogP contribution in [0.3, 0.4) is 0 Å². The number of nitrogens with one attached hydrogen (secondary N) is 1. The smallest absolute Gasteiger partial charge is 0.257 e. The molecule has 1 saturated heterocycles. The van der Waals surface area contributed by atoms with E-state index in [4.69, 9.17) is 13.9 Å². The number of nitrogens with zero attached hydrogens (tertiary/aromatic N) is 3. The largest absolute Gasteiger partial charge is 0.454 e. The number of rotatable bonds is 5. The molecule has 0 radical (unpaired) electrons. The Morgan fingerprint density at radius 3 is 2.83 bits per heavy atom. The lowest BCUT2D eigenvalue weighted by molar-refractivity contribution is -0.121. The van der Waals surface area contributed by atoms with Gasteiger partial charge in [0.1, 0.15) is 0 Å². The second-order valence-corrected chi connectivity index (χ2v) is 8.41. The van der Waals surface area contributed by atoms with E-state index < -0.39 is 0 Å². The zero-order valence-electron chi connectivity index (χ0n) is 16.5. The molecule has 0 aliphatic carbocycles.